The van der Waals surface area contributed by atoms with Crippen LogP contribution in [0, 0.1) is 11.7 Å². The van der Waals surface area contributed by atoms with Crippen molar-refractivity contribution >= 4 is 29.4 Å². The van der Waals surface area contributed by atoms with E-state index in [4.69, 9.17) is 26.1 Å². The lowest BCUT2D eigenvalue weighted by Crippen LogP contribution is -2.47. The molecule has 2 aliphatic rings. The van der Waals surface area contributed by atoms with Gasteiger partial charge in [-0.2, -0.15) is 0 Å². The summed E-state index contributed by atoms with van der Waals surface area (Å²) in [5.41, 5.74) is 1.27. The fraction of sp³-hybridized carbons (Fsp3) is 0.462. The maximum atomic E-state index is 13.9. The Hall–Kier alpha value is -3.28. The van der Waals surface area contributed by atoms with Crippen molar-refractivity contribution in [3.05, 3.63) is 64.1 Å². The standard InChI is InChI=1S/C26H31ClFN5O5/c1-4-37-26(36)21-20(14-33-9-10-38-17(13-33)11-15(2)25(34)35)30-23(24-29-7-8-32(24)3)31-22(21)18-6-5-16(28)12-19(18)27/h5-8,12,15,17,22H,4,9-11,13-14H2,1-3H3,(H,30,31)(H,34,35)/t15?,17-,22+/m1/s1. The summed E-state index contributed by atoms with van der Waals surface area (Å²) in [5, 5.41) is 12.7. The first kappa shape index (κ1) is 27.7. The number of aliphatic carboxylic acids is 1. The van der Waals surface area contributed by atoms with E-state index in [-0.39, 0.29) is 23.3 Å². The van der Waals surface area contributed by atoms with Crippen LogP contribution in [0.4, 0.5) is 4.39 Å². The van der Waals surface area contributed by atoms with E-state index >= 15 is 0 Å². The number of hydrogen-bond acceptors (Lipinski definition) is 8. The molecule has 10 nitrogen and oxygen atoms in total. The van der Waals surface area contributed by atoms with Crippen LogP contribution in [-0.2, 0) is 26.1 Å². The fourth-order valence-corrected chi connectivity index (χ4v) is 4.88. The van der Waals surface area contributed by atoms with Crippen molar-refractivity contribution in [1.82, 2.24) is 19.8 Å². The van der Waals surface area contributed by atoms with Crippen LogP contribution < -0.4 is 5.32 Å². The highest BCUT2D eigenvalue weighted by atomic mass is 35.5. The van der Waals surface area contributed by atoms with Gasteiger partial charge in [-0.15, -0.1) is 0 Å². The van der Waals surface area contributed by atoms with Gasteiger partial charge >= 0.3 is 11.9 Å². The average molecular weight is 548 g/mol. The van der Waals surface area contributed by atoms with Gasteiger partial charge in [-0.1, -0.05) is 24.6 Å². The van der Waals surface area contributed by atoms with Gasteiger partial charge in [0.25, 0.3) is 0 Å². The first-order valence-corrected chi connectivity index (χ1v) is 12.8. The van der Waals surface area contributed by atoms with Gasteiger partial charge in [0, 0.05) is 55.4 Å². The van der Waals surface area contributed by atoms with E-state index in [0.29, 0.717) is 55.6 Å². The Balaban J connectivity index is 1.74. The predicted molar refractivity (Wildman–Crippen MR) is 138 cm³/mol. The number of imidazole rings is 1. The predicted octanol–water partition coefficient (Wildman–Crippen LogP) is 2.93. The molecule has 1 fully saturated rings. The van der Waals surface area contributed by atoms with E-state index < -0.39 is 29.7 Å². The number of ether oxygens (including phenoxy) is 2. The number of morpholine rings is 1. The quantitative estimate of drug-likeness (QED) is 0.460. The zero-order valence-corrected chi connectivity index (χ0v) is 22.2. The van der Waals surface area contributed by atoms with Gasteiger partial charge in [0.2, 0.25) is 0 Å². The molecule has 38 heavy (non-hydrogen) atoms. The molecule has 1 unspecified atom stereocenters. The molecule has 4 rings (SSSR count). The fourth-order valence-electron chi connectivity index (χ4n) is 4.61. The Bertz CT molecular complexity index is 1260. The van der Waals surface area contributed by atoms with E-state index in [9.17, 15) is 19.1 Å². The number of aryl methyl sites for hydroxylation is 1. The Morgan fingerprint density at radius 1 is 1.39 bits per heavy atom. The van der Waals surface area contributed by atoms with Gasteiger partial charge < -0.3 is 24.5 Å². The molecule has 0 saturated carbocycles. The number of benzene rings is 1. The summed E-state index contributed by atoms with van der Waals surface area (Å²) in [7, 11) is 1.83. The number of halogens is 2. The topological polar surface area (TPSA) is 118 Å². The van der Waals surface area contributed by atoms with E-state index in [1.54, 1.807) is 30.8 Å². The van der Waals surface area contributed by atoms with Gasteiger partial charge in [-0.25, -0.2) is 14.2 Å². The minimum absolute atomic E-state index is 0.134. The number of nitrogens with one attached hydrogen (secondary N) is 1. The third-order valence-electron chi connectivity index (χ3n) is 6.55. The van der Waals surface area contributed by atoms with Crippen LogP contribution in [0.1, 0.15) is 37.7 Å². The molecule has 1 saturated heterocycles. The highest BCUT2D eigenvalue weighted by Gasteiger charge is 2.36. The molecular weight excluding hydrogens is 517 g/mol. The monoisotopic (exact) mass is 547 g/mol. The smallest absolute Gasteiger partial charge is 0.338 e. The molecule has 0 spiro atoms. The second-order valence-electron chi connectivity index (χ2n) is 9.35. The number of carboxylic acid groups (broad SMARTS) is 1. The number of carboxylic acids is 1. The lowest BCUT2D eigenvalue weighted by Gasteiger charge is -2.36. The normalized spacial score (nSPS) is 21.0. The first-order valence-electron chi connectivity index (χ1n) is 12.4. The zero-order valence-electron chi connectivity index (χ0n) is 21.5. The molecule has 2 aliphatic heterocycles. The van der Waals surface area contributed by atoms with E-state index in [1.165, 1.54) is 18.2 Å². The second-order valence-corrected chi connectivity index (χ2v) is 9.76. The van der Waals surface area contributed by atoms with Crippen LogP contribution in [0.3, 0.4) is 0 Å². The van der Waals surface area contributed by atoms with Crippen molar-refractivity contribution in [2.75, 3.05) is 32.8 Å². The molecule has 2 aromatic rings. The Kier molecular flexibility index (Phi) is 8.80. The summed E-state index contributed by atoms with van der Waals surface area (Å²) < 4.78 is 26.9. The molecular formula is C26H31ClFN5O5. The van der Waals surface area contributed by atoms with E-state index in [1.807, 2.05) is 7.05 Å². The number of aromatic nitrogens is 2. The molecule has 0 amide bonds. The van der Waals surface area contributed by atoms with Crippen molar-refractivity contribution in [2.45, 2.75) is 32.4 Å². The lowest BCUT2D eigenvalue weighted by atomic mass is 9.94. The number of carbonyl (C=O) groups is 2. The third kappa shape index (κ3) is 6.23. The number of nitrogens with zero attached hydrogens (tertiary/aromatic N) is 4. The second kappa shape index (κ2) is 12.1. The molecule has 3 heterocycles. The largest absolute Gasteiger partial charge is 0.481 e. The summed E-state index contributed by atoms with van der Waals surface area (Å²) in [5.74, 6) is -1.51. The lowest BCUT2D eigenvalue weighted by molar-refractivity contribution is -0.143. The molecule has 12 heteroatoms. The van der Waals surface area contributed by atoms with Crippen LogP contribution in [0.5, 0.6) is 0 Å². The molecule has 0 radical (unpaired) electrons. The summed E-state index contributed by atoms with van der Waals surface area (Å²) in [4.78, 5) is 36.0. The Morgan fingerprint density at radius 3 is 2.84 bits per heavy atom. The van der Waals surface area contributed by atoms with Crippen molar-refractivity contribution in [3.63, 3.8) is 0 Å². The maximum absolute atomic E-state index is 13.9. The van der Waals surface area contributed by atoms with Crippen molar-refractivity contribution < 1.29 is 28.6 Å². The van der Waals surface area contributed by atoms with Gasteiger partial charge in [-0.3, -0.25) is 14.7 Å². The number of hydrogen-bond donors (Lipinski definition) is 2. The third-order valence-corrected chi connectivity index (χ3v) is 6.88. The molecule has 3 atom stereocenters. The minimum Gasteiger partial charge on any atom is -0.481 e. The van der Waals surface area contributed by atoms with Gasteiger partial charge in [0.05, 0.1) is 30.8 Å². The van der Waals surface area contributed by atoms with Crippen LogP contribution in [-0.4, -0.2) is 76.3 Å². The molecule has 0 bridgehead atoms. The summed E-state index contributed by atoms with van der Waals surface area (Å²) in [6, 6.07) is 3.11. The molecule has 2 N–H and O–H groups in total. The average Bonchev–Trinajstić information content (AvgIpc) is 3.29. The summed E-state index contributed by atoms with van der Waals surface area (Å²) >= 11 is 6.45. The van der Waals surface area contributed by atoms with Gasteiger partial charge in [0.1, 0.15) is 11.9 Å². The minimum atomic E-state index is -0.873. The highest BCUT2D eigenvalue weighted by molar-refractivity contribution is 6.31. The van der Waals surface area contributed by atoms with Crippen molar-refractivity contribution in [3.8, 4) is 0 Å². The van der Waals surface area contributed by atoms with Crippen molar-refractivity contribution in [1.29, 1.82) is 0 Å². The number of esters is 1. The van der Waals surface area contributed by atoms with Gasteiger partial charge in [0.15, 0.2) is 11.7 Å². The molecule has 204 valence electrons. The molecule has 1 aromatic heterocycles. The Morgan fingerprint density at radius 2 is 2.18 bits per heavy atom. The summed E-state index contributed by atoms with van der Waals surface area (Å²) in [6.07, 6.45) is 3.52. The Labute approximate surface area is 225 Å². The van der Waals surface area contributed by atoms with E-state index in [0.717, 1.165) is 0 Å². The van der Waals surface area contributed by atoms with Gasteiger partial charge in [-0.05, 0) is 25.5 Å². The van der Waals surface area contributed by atoms with Crippen molar-refractivity contribution in [2.24, 2.45) is 18.0 Å². The number of carbonyl (C=O) groups excluding carboxylic acids is 1. The number of rotatable bonds is 9. The highest BCUT2D eigenvalue weighted by Crippen LogP contribution is 2.36. The van der Waals surface area contributed by atoms with Crippen LogP contribution in [0.2, 0.25) is 5.02 Å². The van der Waals surface area contributed by atoms with Crippen LogP contribution >= 0.6 is 11.6 Å². The van der Waals surface area contributed by atoms with E-state index in [2.05, 4.69) is 15.2 Å². The van der Waals surface area contributed by atoms with Crippen LogP contribution in [0.25, 0.3) is 0 Å². The first-order chi connectivity index (χ1) is 18.2. The zero-order chi connectivity index (χ0) is 27.4. The van der Waals surface area contributed by atoms with Crippen LogP contribution in [0.15, 0.2) is 46.9 Å². The SMILES string of the molecule is CCOC(=O)C1=C(CN2CCO[C@H](CC(C)C(=O)O)C2)NC(c2nccn2C)=N[C@H]1c1ccc(F)cc1Cl. The number of aliphatic imine (C=N–C) groups is 1. The molecule has 0 aliphatic carbocycles. The number of amidine groups is 1. The molecule has 1 aromatic carbocycles. The summed E-state index contributed by atoms with van der Waals surface area (Å²) in [6.45, 7) is 5.32. The maximum Gasteiger partial charge on any atom is 0.338 e.